The summed E-state index contributed by atoms with van der Waals surface area (Å²) >= 11 is 0. The molecule has 1 aliphatic heterocycles. The van der Waals surface area contributed by atoms with Gasteiger partial charge in [-0.25, -0.2) is 12.8 Å². The van der Waals surface area contributed by atoms with Crippen LogP contribution in [0.2, 0.25) is 0 Å². The number of amides is 1. The standard InChI is InChI=1S/C21H26FN3O3S/c1-25-13-11-18(12-14-25)23-21(26)20(15-16-5-3-2-4-6-16)24-29(27,28)19-9-7-17(22)8-10-19/h2-10,18,20,24H,11-15H2,1H3,(H,23,26). The fourth-order valence-electron chi connectivity index (χ4n) is 3.36. The molecule has 1 amide bonds. The number of hydrogen-bond donors (Lipinski definition) is 2. The summed E-state index contributed by atoms with van der Waals surface area (Å²) in [7, 11) is -1.94. The first-order valence-electron chi connectivity index (χ1n) is 9.64. The van der Waals surface area contributed by atoms with E-state index in [2.05, 4.69) is 14.9 Å². The third-order valence-corrected chi connectivity index (χ3v) is 6.57. The van der Waals surface area contributed by atoms with Gasteiger partial charge in [0, 0.05) is 6.04 Å². The summed E-state index contributed by atoms with van der Waals surface area (Å²) < 4.78 is 41.2. The number of nitrogens with zero attached hydrogens (tertiary/aromatic N) is 1. The molecule has 3 rings (SSSR count). The number of halogens is 1. The Kier molecular flexibility index (Phi) is 7.00. The lowest BCUT2D eigenvalue weighted by molar-refractivity contribution is -0.123. The van der Waals surface area contributed by atoms with E-state index in [0.717, 1.165) is 43.6 Å². The van der Waals surface area contributed by atoms with Crippen molar-refractivity contribution in [1.82, 2.24) is 14.9 Å². The maximum absolute atomic E-state index is 13.2. The Labute approximate surface area is 171 Å². The lowest BCUT2D eigenvalue weighted by Crippen LogP contribution is -2.52. The molecule has 29 heavy (non-hydrogen) atoms. The van der Waals surface area contributed by atoms with Crippen LogP contribution in [0.5, 0.6) is 0 Å². The van der Waals surface area contributed by atoms with Gasteiger partial charge in [-0.05, 0) is 69.2 Å². The Balaban J connectivity index is 1.76. The summed E-state index contributed by atoms with van der Waals surface area (Å²) in [6, 6.07) is 12.8. The van der Waals surface area contributed by atoms with Crippen molar-refractivity contribution >= 4 is 15.9 Å². The van der Waals surface area contributed by atoms with Crippen LogP contribution in [-0.4, -0.2) is 51.4 Å². The molecular formula is C21H26FN3O3S. The van der Waals surface area contributed by atoms with Crippen molar-refractivity contribution in [2.24, 2.45) is 0 Å². The number of sulfonamides is 1. The zero-order valence-electron chi connectivity index (χ0n) is 16.3. The highest BCUT2D eigenvalue weighted by Gasteiger charge is 2.28. The van der Waals surface area contributed by atoms with Gasteiger partial charge in [-0.15, -0.1) is 0 Å². The minimum Gasteiger partial charge on any atom is -0.352 e. The van der Waals surface area contributed by atoms with Gasteiger partial charge < -0.3 is 10.2 Å². The molecule has 2 N–H and O–H groups in total. The highest BCUT2D eigenvalue weighted by molar-refractivity contribution is 7.89. The maximum Gasteiger partial charge on any atom is 0.241 e. The summed E-state index contributed by atoms with van der Waals surface area (Å²) in [5.74, 6) is -0.876. The van der Waals surface area contributed by atoms with Crippen LogP contribution in [0.1, 0.15) is 18.4 Å². The Bertz CT molecular complexity index is 912. The molecule has 0 aliphatic carbocycles. The summed E-state index contributed by atoms with van der Waals surface area (Å²) in [6.07, 6.45) is 1.87. The number of hydrogen-bond acceptors (Lipinski definition) is 4. The molecule has 2 aromatic carbocycles. The van der Waals surface area contributed by atoms with E-state index >= 15 is 0 Å². The van der Waals surface area contributed by atoms with E-state index in [4.69, 9.17) is 0 Å². The third kappa shape index (κ3) is 6.09. The molecule has 6 nitrogen and oxygen atoms in total. The quantitative estimate of drug-likeness (QED) is 0.719. The predicted octanol–water partition coefficient (Wildman–Crippen LogP) is 1.93. The predicted molar refractivity (Wildman–Crippen MR) is 109 cm³/mol. The molecule has 0 bridgehead atoms. The van der Waals surface area contributed by atoms with Crippen LogP contribution in [0.25, 0.3) is 0 Å². The van der Waals surface area contributed by atoms with Crippen molar-refractivity contribution in [1.29, 1.82) is 0 Å². The van der Waals surface area contributed by atoms with Crippen molar-refractivity contribution < 1.29 is 17.6 Å². The van der Waals surface area contributed by atoms with Gasteiger partial charge in [0.2, 0.25) is 15.9 Å². The van der Waals surface area contributed by atoms with Crippen molar-refractivity contribution in [2.75, 3.05) is 20.1 Å². The van der Waals surface area contributed by atoms with E-state index in [1.165, 1.54) is 12.1 Å². The van der Waals surface area contributed by atoms with Gasteiger partial charge in [0.1, 0.15) is 11.9 Å². The molecule has 156 valence electrons. The second-order valence-corrected chi connectivity index (χ2v) is 9.12. The minimum absolute atomic E-state index is 0.0206. The Morgan fingerprint density at radius 2 is 1.72 bits per heavy atom. The van der Waals surface area contributed by atoms with Gasteiger partial charge in [-0.2, -0.15) is 4.72 Å². The van der Waals surface area contributed by atoms with Crippen LogP contribution in [0.15, 0.2) is 59.5 Å². The van der Waals surface area contributed by atoms with Crippen molar-refractivity contribution in [3.63, 3.8) is 0 Å². The van der Waals surface area contributed by atoms with Gasteiger partial charge in [-0.1, -0.05) is 30.3 Å². The Hall–Kier alpha value is -2.29. The number of piperidine rings is 1. The van der Waals surface area contributed by atoms with E-state index in [0.29, 0.717) is 0 Å². The molecule has 1 atom stereocenters. The average molecular weight is 420 g/mol. The van der Waals surface area contributed by atoms with Crippen LogP contribution >= 0.6 is 0 Å². The third-order valence-electron chi connectivity index (χ3n) is 5.09. The largest absolute Gasteiger partial charge is 0.352 e. The van der Waals surface area contributed by atoms with E-state index < -0.39 is 21.9 Å². The zero-order chi connectivity index (χ0) is 20.9. The Morgan fingerprint density at radius 1 is 1.10 bits per heavy atom. The average Bonchev–Trinajstić information content (AvgIpc) is 2.70. The summed E-state index contributed by atoms with van der Waals surface area (Å²) in [6.45, 7) is 1.77. The molecule has 1 aliphatic rings. The molecule has 8 heteroatoms. The van der Waals surface area contributed by atoms with E-state index in [1.54, 1.807) is 0 Å². The number of rotatable bonds is 7. The molecule has 2 aromatic rings. The highest BCUT2D eigenvalue weighted by Crippen LogP contribution is 2.14. The lowest BCUT2D eigenvalue weighted by Gasteiger charge is -2.30. The van der Waals surface area contributed by atoms with Gasteiger partial charge in [0.25, 0.3) is 0 Å². The van der Waals surface area contributed by atoms with Crippen molar-refractivity contribution in [2.45, 2.75) is 36.2 Å². The number of carbonyl (C=O) groups excluding carboxylic acids is 1. The summed E-state index contributed by atoms with van der Waals surface area (Å²) in [5, 5.41) is 2.99. The maximum atomic E-state index is 13.2. The van der Waals surface area contributed by atoms with Crippen LogP contribution in [-0.2, 0) is 21.2 Å². The summed E-state index contributed by atoms with van der Waals surface area (Å²) in [5.41, 5.74) is 0.845. The Morgan fingerprint density at radius 3 is 2.34 bits per heavy atom. The lowest BCUT2D eigenvalue weighted by atomic mass is 10.0. The van der Waals surface area contributed by atoms with Crippen molar-refractivity contribution in [3.05, 3.63) is 66.0 Å². The van der Waals surface area contributed by atoms with Gasteiger partial charge in [-0.3, -0.25) is 4.79 Å². The van der Waals surface area contributed by atoms with Crippen LogP contribution < -0.4 is 10.0 Å². The second-order valence-electron chi connectivity index (χ2n) is 7.40. The van der Waals surface area contributed by atoms with Crippen molar-refractivity contribution in [3.8, 4) is 0 Å². The van der Waals surface area contributed by atoms with Crippen LogP contribution in [0.4, 0.5) is 4.39 Å². The van der Waals surface area contributed by atoms with Crippen LogP contribution in [0.3, 0.4) is 0 Å². The van der Waals surface area contributed by atoms with E-state index in [-0.39, 0.29) is 23.3 Å². The first kappa shape index (κ1) is 21.4. The van der Waals surface area contributed by atoms with E-state index in [1.807, 2.05) is 37.4 Å². The van der Waals surface area contributed by atoms with E-state index in [9.17, 15) is 17.6 Å². The number of carbonyl (C=O) groups is 1. The second kappa shape index (κ2) is 9.47. The first-order valence-corrected chi connectivity index (χ1v) is 11.1. The smallest absolute Gasteiger partial charge is 0.241 e. The first-order chi connectivity index (χ1) is 13.8. The number of likely N-dealkylation sites (tertiary alicyclic amines) is 1. The van der Waals surface area contributed by atoms with Gasteiger partial charge >= 0.3 is 0 Å². The molecule has 1 fully saturated rings. The molecule has 1 saturated heterocycles. The molecule has 0 spiro atoms. The molecule has 0 radical (unpaired) electrons. The normalized spacial score (nSPS) is 17.0. The van der Waals surface area contributed by atoms with Gasteiger partial charge in [0.05, 0.1) is 4.90 Å². The fourth-order valence-corrected chi connectivity index (χ4v) is 4.56. The topological polar surface area (TPSA) is 78.5 Å². The monoisotopic (exact) mass is 419 g/mol. The number of benzene rings is 2. The fraction of sp³-hybridized carbons (Fsp3) is 0.381. The highest BCUT2D eigenvalue weighted by atomic mass is 32.2. The minimum atomic E-state index is -3.98. The zero-order valence-corrected chi connectivity index (χ0v) is 17.2. The van der Waals surface area contributed by atoms with Gasteiger partial charge in [0.15, 0.2) is 0 Å². The summed E-state index contributed by atoms with van der Waals surface area (Å²) in [4.78, 5) is 15.1. The molecule has 0 saturated carbocycles. The SMILES string of the molecule is CN1CCC(NC(=O)C(Cc2ccccc2)NS(=O)(=O)c2ccc(F)cc2)CC1. The molecule has 1 heterocycles. The number of nitrogens with one attached hydrogen (secondary N) is 2. The molecule has 1 unspecified atom stereocenters. The molecule has 0 aromatic heterocycles. The van der Waals surface area contributed by atoms with Crippen LogP contribution in [0, 0.1) is 5.82 Å². The molecular weight excluding hydrogens is 393 g/mol.